The van der Waals surface area contributed by atoms with Crippen LogP contribution in [0.4, 0.5) is 5.69 Å². The molecular formula is C16H17NO2. The van der Waals surface area contributed by atoms with Crippen LogP contribution in [0, 0.1) is 0 Å². The minimum Gasteiger partial charge on any atom is -0.496 e. The molecule has 0 aliphatic carbocycles. The molecule has 0 radical (unpaired) electrons. The Bertz CT molecular complexity index is 552. The molecule has 2 aromatic rings. The molecule has 0 aromatic heterocycles. The summed E-state index contributed by atoms with van der Waals surface area (Å²) in [6.07, 6.45) is 0. The second kappa shape index (κ2) is 6.05. The average Bonchev–Trinajstić information content (AvgIpc) is 2.48. The minimum atomic E-state index is 0.0452. The number of carbonyl (C=O) groups is 1. The van der Waals surface area contributed by atoms with Crippen LogP contribution in [0.15, 0.2) is 54.6 Å². The summed E-state index contributed by atoms with van der Waals surface area (Å²) in [6, 6.07) is 17.1. The highest BCUT2D eigenvalue weighted by Crippen LogP contribution is 2.19. The third-order valence-corrected chi connectivity index (χ3v) is 2.99. The van der Waals surface area contributed by atoms with Gasteiger partial charge in [0.05, 0.1) is 19.2 Å². The number of likely N-dealkylation sites (N-methyl/N-ethyl adjacent to an activating group) is 1. The first kappa shape index (κ1) is 13.1. The van der Waals surface area contributed by atoms with Gasteiger partial charge < -0.3 is 9.64 Å². The zero-order chi connectivity index (χ0) is 13.7. The van der Waals surface area contributed by atoms with Crippen molar-refractivity contribution in [3.63, 3.8) is 0 Å². The van der Waals surface area contributed by atoms with Gasteiger partial charge in [0, 0.05) is 12.7 Å². The molecule has 0 spiro atoms. The Kier molecular flexibility index (Phi) is 4.18. The van der Waals surface area contributed by atoms with Crippen molar-refractivity contribution in [2.75, 3.05) is 25.6 Å². The molecule has 2 rings (SSSR count). The van der Waals surface area contributed by atoms with Gasteiger partial charge in [-0.2, -0.15) is 0 Å². The number of benzene rings is 2. The van der Waals surface area contributed by atoms with E-state index in [1.54, 1.807) is 19.2 Å². The van der Waals surface area contributed by atoms with Crippen molar-refractivity contribution in [1.29, 1.82) is 0 Å². The zero-order valence-electron chi connectivity index (χ0n) is 11.2. The summed E-state index contributed by atoms with van der Waals surface area (Å²) in [5.41, 5.74) is 1.64. The lowest BCUT2D eigenvalue weighted by atomic mass is 10.1. The van der Waals surface area contributed by atoms with E-state index in [4.69, 9.17) is 4.74 Å². The molecule has 0 saturated heterocycles. The third kappa shape index (κ3) is 3.13. The number of nitrogens with zero attached hydrogens (tertiary/aromatic N) is 1. The van der Waals surface area contributed by atoms with Gasteiger partial charge in [-0.1, -0.05) is 30.3 Å². The number of methoxy groups -OCH3 is 1. The molecule has 0 saturated carbocycles. The molecule has 0 amide bonds. The summed E-state index contributed by atoms with van der Waals surface area (Å²) in [4.78, 5) is 14.2. The van der Waals surface area contributed by atoms with Gasteiger partial charge in [-0.15, -0.1) is 0 Å². The summed E-state index contributed by atoms with van der Waals surface area (Å²) >= 11 is 0. The Morgan fingerprint density at radius 2 is 1.68 bits per heavy atom. The molecule has 0 aliphatic heterocycles. The molecule has 2 aromatic carbocycles. The van der Waals surface area contributed by atoms with Crippen molar-refractivity contribution in [2.24, 2.45) is 0 Å². The highest BCUT2D eigenvalue weighted by Gasteiger charge is 2.13. The molecule has 3 nitrogen and oxygen atoms in total. The van der Waals surface area contributed by atoms with Crippen LogP contribution in [0.2, 0.25) is 0 Å². The van der Waals surface area contributed by atoms with E-state index in [1.807, 2.05) is 54.4 Å². The Labute approximate surface area is 113 Å². The molecule has 0 atom stereocenters. The van der Waals surface area contributed by atoms with Crippen LogP contribution in [0.3, 0.4) is 0 Å². The van der Waals surface area contributed by atoms with Crippen LogP contribution in [0.5, 0.6) is 5.75 Å². The van der Waals surface area contributed by atoms with E-state index < -0.39 is 0 Å². The van der Waals surface area contributed by atoms with Gasteiger partial charge in [-0.25, -0.2) is 0 Å². The first-order valence-corrected chi connectivity index (χ1v) is 6.15. The van der Waals surface area contributed by atoms with Crippen molar-refractivity contribution in [2.45, 2.75) is 0 Å². The molecule has 0 heterocycles. The normalized spacial score (nSPS) is 10.0. The predicted octanol–water partition coefficient (Wildman–Crippen LogP) is 3.01. The quantitative estimate of drug-likeness (QED) is 0.769. The van der Waals surface area contributed by atoms with Crippen molar-refractivity contribution >= 4 is 11.5 Å². The minimum absolute atomic E-state index is 0.0452. The fourth-order valence-electron chi connectivity index (χ4n) is 1.95. The number of hydrogen-bond acceptors (Lipinski definition) is 3. The van der Waals surface area contributed by atoms with Gasteiger partial charge in [0.25, 0.3) is 0 Å². The van der Waals surface area contributed by atoms with Crippen LogP contribution in [-0.4, -0.2) is 26.5 Å². The molecule has 0 aliphatic rings. The number of carbonyl (C=O) groups excluding carboxylic acids is 1. The number of ketones is 1. The lowest BCUT2D eigenvalue weighted by Gasteiger charge is -2.18. The second-order valence-electron chi connectivity index (χ2n) is 4.32. The third-order valence-electron chi connectivity index (χ3n) is 2.99. The predicted molar refractivity (Wildman–Crippen MR) is 77.0 cm³/mol. The maximum atomic E-state index is 12.3. The molecule has 3 heteroatoms. The maximum Gasteiger partial charge on any atom is 0.185 e. The van der Waals surface area contributed by atoms with Crippen LogP contribution in [0.1, 0.15) is 10.4 Å². The maximum absolute atomic E-state index is 12.3. The van der Waals surface area contributed by atoms with E-state index >= 15 is 0 Å². The van der Waals surface area contributed by atoms with E-state index in [0.717, 1.165) is 5.69 Å². The molecule has 0 unspecified atom stereocenters. The molecule has 0 fully saturated rings. The standard InChI is InChI=1S/C16H17NO2/c1-17(13-8-4-3-5-9-13)12-15(18)14-10-6-7-11-16(14)19-2/h3-11H,12H2,1-2H3. The van der Waals surface area contributed by atoms with Crippen molar-refractivity contribution in [1.82, 2.24) is 0 Å². The molecule has 19 heavy (non-hydrogen) atoms. The number of rotatable bonds is 5. The molecule has 0 N–H and O–H groups in total. The summed E-state index contributed by atoms with van der Waals surface area (Å²) in [7, 11) is 3.48. The highest BCUT2D eigenvalue weighted by molar-refractivity contribution is 6.01. The average molecular weight is 255 g/mol. The number of Topliss-reactive ketones (excluding diaryl/α,β-unsaturated/α-hetero) is 1. The van der Waals surface area contributed by atoms with Gasteiger partial charge in [0.1, 0.15) is 5.75 Å². The number of ether oxygens (including phenoxy) is 1. The van der Waals surface area contributed by atoms with Crippen LogP contribution in [-0.2, 0) is 0 Å². The Balaban J connectivity index is 2.13. The Hall–Kier alpha value is -2.29. The Morgan fingerprint density at radius 1 is 1.05 bits per heavy atom. The van der Waals surface area contributed by atoms with Gasteiger partial charge in [-0.3, -0.25) is 4.79 Å². The van der Waals surface area contributed by atoms with Crippen LogP contribution >= 0.6 is 0 Å². The van der Waals surface area contributed by atoms with Crippen LogP contribution < -0.4 is 9.64 Å². The second-order valence-corrected chi connectivity index (χ2v) is 4.32. The topological polar surface area (TPSA) is 29.5 Å². The summed E-state index contributed by atoms with van der Waals surface area (Å²) in [6.45, 7) is 0.324. The zero-order valence-corrected chi connectivity index (χ0v) is 11.2. The summed E-state index contributed by atoms with van der Waals surface area (Å²) < 4.78 is 5.21. The van der Waals surface area contributed by atoms with Crippen molar-refractivity contribution in [3.05, 3.63) is 60.2 Å². The lowest BCUT2D eigenvalue weighted by Crippen LogP contribution is -2.25. The first-order valence-electron chi connectivity index (χ1n) is 6.15. The molecule has 98 valence electrons. The van der Waals surface area contributed by atoms with Gasteiger partial charge in [0.2, 0.25) is 0 Å². The monoisotopic (exact) mass is 255 g/mol. The highest BCUT2D eigenvalue weighted by atomic mass is 16.5. The van der Waals surface area contributed by atoms with E-state index in [9.17, 15) is 4.79 Å². The summed E-state index contributed by atoms with van der Waals surface area (Å²) in [5, 5.41) is 0. The SMILES string of the molecule is COc1ccccc1C(=O)CN(C)c1ccccc1. The molecular weight excluding hydrogens is 238 g/mol. The fourth-order valence-corrected chi connectivity index (χ4v) is 1.95. The van der Waals surface area contributed by atoms with E-state index in [-0.39, 0.29) is 5.78 Å². The first-order chi connectivity index (χ1) is 9.22. The Morgan fingerprint density at radius 3 is 2.37 bits per heavy atom. The number of anilines is 1. The van der Waals surface area contributed by atoms with Crippen molar-refractivity contribution < 1.29 is 9.53 Å². The molecule has 0 bridgehead atoms. The van der Waals surface area contributed by atoms with Gasteiger partial charge in [-0.05, 0) is 24.3 Å². The summed E-state index contributed by atoms with van der Waals surface area (Å²) in [5.74, 6) is 0.665. The largest absolute Gasteiger partial charge is 0.496 e. The van der Waals surface area contributed by atoms with Crippen LogP contribution in [0.25, 0.3) is 0 Å². The smallest absolute Gasteiger partial charge is 0.185 e. The number of hydrogen-bond donors (Lipinski definition) is 0. The van der Waals surface area contributed by atoms with E-state index in [2.05, 4.69) is 0 Å². The number of para-hydroxylation sites is 2. The lowest BCUT2D eigenvalue weighted by molar-refractivity contribution is 0.0997. The fraction of sp³-hybridized carbons (Fsp3) is 0.188. The van der Waals surface area contributed by atoms with E-state index in [0.29, 0.717) is 17.9 Å². The van der Waals surface area contributed by atoms with E-state index in [1.165, 1.54) is 0 Å². The van der Waals surface area contributed by atoms with Gasteiger partial charge in [0.15, 0.2) is 5.78 Å². The van der Waals surface area contributed by atoms with Crippen molar-refractivity contribution in [3.8, 4) is 5.75 Å². The van der Waals surface area contributed by atoms with Gasteiger partial charge >= 0.3 is 0 Å².